The van der Waals surface area contributed by atoms with Crippen molar-refractivity contribution < 1.29 is 13.9 Å². The molecule has 1 aromatic carbocycles. The molecular weight excluding hydrogens is 496 g/mol. The van der Waals surface area contributed by atoms with E-state index in [9.17, 15) is 9.59 Å². The molecule has 0 aliphatic carbocycles. The average molecular weight is 518 g/mol. The Kier molecular flexibility index (Phi) is 5.85. The van der Waals surface area contributed by atoms with E-state index in [1.54, 1.807) is 17.9 Å². The van der Waals surface area contributed by atoms with Gasteiger partial charge in [-0.15, -0.1) is 0 Å². The van der Waals surface area contributed by atoms with Gasteiger partial charge in [-0.3, -0.25) is 14.2 Å². The summed E-state index contributed by atoms with van der Waals surface area (Å²) in [5.41, 5.74) is 6.45. The lowest BCUT2D eigenvalue weighted by Crippen LogP contribution is -2.54. The Morgan fingerprint density at radius 3 is 2.80 bits per heavy atom. The third kappa shape index (κ3) is 3.70. The Bertz CT molecular complexity index is 1430. The van der Waals surface area contributed by atoms with Crippen LogP contribution in [0.25, 0.3) is 16.6 Å². The zero-order chi connectivity index (χ0) is 25.0. The summed E-state index contributed by atoms with van der Waals surface area (Å²) >= 11 is 12.1. The molecule has 0 spiro atoms. The molecule has 11 heteroatoms. The molecule has 2 aliphatic heterocycles. The summed E-state index contributed by atoms with van der Waals surface area (Å²) in [6.45, 7) is 7.26. The van der Waals surface area contributed by atoms with E-state index in [0.29, 0.717) is 49.5 Å². The monoisotopic (exact) mass is 517 g/mol. The Balaban J connectivity index is 1.71. The van der Waals surface area contributed by atoms with Gasteiger partial charge in [0.1, 0.15) is 11.2 Å². The molecule has 1 fully saturated rings. The lowest BCUT2D eigenvalue weighted by molar-refractivity contribution is -0.126. The van der Waals surface area contributed by atoms with Crippen LogP contribution in [0.1, 0.15) is 12.1 Å². The number of anilines is 2. The van der Waals surface area contributed by atoms with Crippen LogP contribution in [0, 0.1) is 12.7 Å². The van der Waals surface area contributed by atoms with Crippen LogP contribution < -0.4 is 20.9 Å². The van der Waals surface area contributed by atoms with Gasteiger partial charge in [0.2, 0.25) is 5.91 Å². The summed E-state index contributed by atoms with van der Waals surface area (Å²) in [6, 6.07) is 2.94. The van der Waals surface area contributed by atoms with Crippen LogP contribution in [0.4, 0.5) is 15.8 Å². The molecule has 4 heterocycles. The van der Waals surface area contributed by atoms with E-state index in [1.165, 1.54) is 18.3 Å². The second-order valence-corrected chi connectivity index (χ2v) is 9.36. The van der Waals surface area contributed by atoms with Gasteiger partial charge in [0.15, 0.2) is 11.6 Å². The molecule has 1 amide bonds. The van der Waals surface area contributed by atoms with Crippen molar-refractivity contribution >= 4 is 51.4 Å². The number of nitrogen functional groups attached to an aromatic ring is 1. The molecule has 35 heavy (non-hydrogen) atoms. The number of ether oxygens (including phenoxy) is 1. The minimum atomic E-state index is -0.848. The number of piperazine rings is 1. The molecule has 2 aliphatic rings. The summed E-state index contributed by atoms with van der Waals surface area (Å²) in [5, 5.41) is 0.364. The van der Waals surface area contributed by atoms with Gasteiger partial charge in [-0.05, 0) is 25.1 Å². The lowest BCUT2D eigenvalue weighted by atomic mass is 10.1. The number of aromatic nitrogens is 2. The fourth-order valence-electron chi connectivity index (χ4n) is 4.87. The fourth-order valence-corrected chi connectivity index (χ4v) is 5.32. The third-order valence-corrected chi connectivity index (χ3v) is 7.13. The van der Waals surface area contributed by atoms with Crippen molar-refractivity contribution in [2.75, 3.05) is 36.9 Å². The number of halogens is 3. The normalized spacial score (nSPS) is 17.4. The van der Waals surface area contributed by atoms with Gasteiger partial charge in [0, 0.05) is 37.1 Å². The van der Waals surface area contributed by atoms with Crippen molar-refractivity contribution in [3.63, 3.8) is 0 Å². The van der Waals surface area contributed by atoms with Crippen LogP contribution in [0.15, 0.2) is 35.8 Å². The molecule has 2 N–H and O–H groups in total. The molecule has 1 saturated heterocycles. The maximum absolute atomic E-state index is 15.0. The van der Waals surface area contributed by atoms with Crippen molar-refractivity contribution in [1.82, 2.24) is 14.5 Å². The molecule has 182 valence electrons. The van der Waals surface area contributed by atoms with E-state index in [1.807, 2.05) is 0 Å². The highest BCUT2D eigenvalue weighted by atomic mass is 35.5. The number of aryl methyl sites for hydroxylation is 1. The SMILES string of the molecule is C=CC(=O)N1CCN2c3c(cnc4c(=O)n(-c5c(N)c(Cl)cc(Cl)c5F)c(C)cc34)OCC[C@@H]2C1. The van der Waals surface area contributed by atoms with Gasteiger partial charge in [-0.1, -0.05) is 29.8 Å². The minimum Gasteiger partial charge on any atom is -0.490 e. The molecule has 1 atom stereocenters. The van der Waals surface area contributed by atoms with E-state index in [2.05, 4.69) is 16.5 Å². The van der Waals surface area contributed by atoms with E-state index in [0.717, 1.165) is 10.3 Å². The highest BCUT2D eigenvalue weighted by molar-refractivity contribution is 6.37. The second-order valence-electron chi connectivity index (χ2n) is 8.55. The Morgan fingerprint density at radius 1 is 1.29 bits per heavy atom. The topological polar surface area (TPSA) is 93.7 Å². The number of rotatable bonds is 2. The number of hydrogen-bond donors (Lipinski definition) is 1. The van der Waals surface area contributed by atoms with Crippen LogP contribution in [-0.4, -0.2) is 52.6 Å². The van der Waals surface area contributed by atoms with Gasteiger partial charge in [-0.25, -0.2) is 9.37 Å². The number of carbonyl (C=O) groups excluding carboxylic acids is 1. The largest absolute Gasteiger partial charge is 0.490 e. The van der Waals surface area contributed by atoms with Crippen LogP contribution in [0.2, 0.25) is 10.0 Å². The lowest BCUT2D eigenvalue weighted by Gasteiger charge is -2.41. The minimum absolute atomic E-state index is 0.0120. The first-order valence-electron chi connectivity index (χ1n) is 11.0. The van der Waals surface area contributed by atoms with Crippen LogP contribution >= 0.6 is 23.2 Å². The highest BCUT2D eigenvalue weighted by Gasteiger charge is 2.34. The number of fused-ring (bicyclic) bond motifs is 5. The van der Waals surface area contributed by atoms with Crippen LogP contribution in [-0.2, 0) is 4.79 Å². The smallest absolute Gasteiger partial charge is 0.282 e. The molecule has 8 nitrogen and oxygen atoms in total. The highest BCUT2D eigenvalue weighted by Crippen LogP contribution is 2.40. The second kappa shape index (κ2) is 8.73. The van der Waals surface area contributed by atoms with Crippen LogP contribution in [0.3, 0.4) is 0 Å². The molecule has 0 unspecified atom stereocenters. The summed E-state index contributed by atoms with van der Waals surface area (Å²) < 4.78 is 22.2. The summed E-state index contributed by atoms with van der Waals surface area (Å²) in [5.74, 6) is -0.413. The number of hydrogen-bond acceptors (Lipinski definition) is 6. The average Bonchev–Trinajstić information content (AvgIpc) is 3.03. The standard InChI is InChI=1S/C24H22Cl2FN5O3/c1-3-18(33)30-5-6-31-13(11-30)4-7-35-17-10-29-21-14(22(17)31)8-12(2)32(24(21)34)23-19(27)15(25)9-16(26)20(23)28/h3,8-10,13H,1,4-7,11,28H2,2H3/t13-/m1/s1. The first-order valence-corrected chi connectivity index (χ1v) is 11.8. The van der Waals surface area contributed by atoms with Gasteiger partial charge >= 0.3 is 0 Å². The summed E-state index contributed by atoms with van der Waals surface area (Å²) in [7, 11) is 0. The van der Waals surface area contributed by atoms with E-state index < -0.39 is 11.4 Å². The van der Waals surface area contributed by atoms with Crippen molar-refractivity contribution in [1.29, 1.82) is 0 Å². The first kappa shape index (κ1) is 23.4. The number of amides is 1. The Labute approximate surface area is 210 Å². The van der Waals surface area contributed by atoms with E-state index >= 15 is 4.39 Å². The van der Waals surface area contributed by atoms with Gasteiger partial charge in [0.25, 0.3) is 5.56 Å². The zero-order valence-electron chi connectivity index (χ0n) is 18.9. The van der Waals surface area contributed by atoms with E-state index in [4.69, 9.17) is 33.7 Å². The number of nitrogens with two attached hydrogens (primary N) is 1. The molecule has 5 rings (SSSR count). The molecule has 0 bridgehead atoms. The number of carbonyl (C=O) groups is 1. The quantitative estimate of drug-likeness (QED) is 0.316. The Morgan fingerprint density at radius 2 is 2.06 bits per heavy atom. The predicted molar refractivity (Wildman–Crippen MR) is 134 cm³/mol. The van der Waals surface area contributed by atoms with Gasteiger partial charge in [-0.2, -0.15) is 0 Å². The first-order chi connectivity index (χ1) is 16.7. The van der Waals surface area contributed by atoms with Crippen LogP contribution in [0.5, 0.6) is 5.75 Å². The van der Waals surface area contributed by atoms with Crippen molar-refractivity contribution in [3.8, 4) is 11.4 Å². The Hall–Kier alpha value is -3.30. The number of pyridine rings is 2. The fraction of sp³-hybridized carbons (Fsp3) is 0.292. The molecule has 2 aromatic heterocycles. The predicted octanol–water partition coefficient (Wildman–Crippen LogP) is 3.71. The van der Waals surface area contributed by atoms with Crippen molar-refractivity contribution in [3.05, 3.63) is 62.9 Å². The maximum atomic E-state index is 15.0. The molecule has 3 aromatic rings. The zero-order valence-corrected chi connectivity index (χ0v) is 20.4. The number of benzene rings is 1. The van der Waals surface area contributed by atoms with Gasteiger partial charge in [0.05, 0.1) is 40.3 Å². The molecular formula is C24H22Cl2FN5O3. The molecule has 0 saturated carbocycles. The summed E-state index contributed by atoms with van der Waals surface area (Å²) in [4.78, 5) is 34.1. The van der Waals surface area contributed by atoms with Crippen molar-refractivity contribution in [2.45, 2.75) is 19.4 Å². The van der Waals surface area contributed by atoms with Crippen molar-refractivity contribution in [2.24, 2.45) is 0 Å². The third-order valence-electron chi connectivity index (χ3n) is 6.54. The number of nitrogens with zero attached hydrogens (tertiary/aromatic N) is 4. The maximum Gasteiger partial charge on any atom is 0.282 e. The molecule has 0 radical (unpaired) electrons. The van der Waals surface area contributed by atoms with E-state index in [-0.39, 0.29) is 38.9 Å². The summed E-state index contributed by atoms with van der Waals surface area (Å²) in [6.07, 6.45) is 3.51. The van der Waals surface area contributed by atoms with Gasteiger partial charge < -0.3 is 20.3 Å².